The summed E-state index contributed by atoms with van der Waals surface area (Å²) in [5, 5.41) is 10.1. The van der Waals surface area contributed by atoms with Crippen molar-refractivity contribution >= 4 is 35.3 Å². The van der Waals surface area contributed by atoms with Crippen LogP contribution < -0.4 is 5.32 Å². The van der Waals surface area contributed by atoms with Crippen molar-refractivity contribution in [3.05, 3.63) is 22.8 Å². The monoisotopic (exact) mass is 367 g/mol. The number of aryl methyl sites for hydroxylation is 2. The molecule has 0 aliphatic heterocycles. The van der Waals surface area contributed by atoms with E-state index in [0.29, 0.717) is 5.89 Å². The molecule has 0 aromatic carbocycles. The minimum Gasteiger partial charge on any atom is -0.462 e. The third-order valence-electron chi connectivity index (χ3n) is 3.00. The molecule has 0 fully saturated rings. The molecule has 0 spiro atoms. The Kier molecular flexibility index (Phi) is 5.97. The van der Waals surface area contributed by atoms with Gasteiger partial charge in [0.2, 0.25) is 17.7 Å². The SMILES string of the molecule is CCOC(=O)c1c(NC(=O)CSc2nnc(C)o2)oc(C)c1C(C)=O. The zero-order valence-electron chi connectivity index (χ0n) is 14.2. The summed E-state index contributed by atoms with van der Waals surface area (Å²) in [6.45, 7) is 6.24. The Labute approximate surface area is 147 Å². The van der Waals surface area contributed by atoms with Crippen molar-refractivity contribution in [3.63, 3.8) is 0 Å². The first-order valence-electron chi connectivity index (χ1n) is 7.37. The first kappa shape index (κ1) is 18.7. The van der Waals surface area contributed by atoms with Gasteiger partial charge in [0.05, 0.1) is 17.9 Å². The van der Waals surface area contributed by atoms with Crippen LogP contribution in [0.1, 0.15) is 46.2 Å². The van der Waals surface area contributed by atoms with Crippen molar-refractivity contribution in [2.75, 3.05) is 17.7 Å². The van der Waals surface area contributed by atoms with Crippen molar-refractivity contribution < 1.29 is 28.0 Å². The number of nitrogens with zero attached hydrogens (tertiary/aromatic N) is 2. The molecule has 25 heavy (non-hydrogen) atoms. The molecule has 0 radical (unpaired) electrons. The van der Waals surface area contributed by atoms with Crippen LogP contribution in [0.4, 0.5) is 5.88 Å². The number of aromatic nitrogens is 2. The van der Waals surface area contributed by atoms with Crippen LogP contribution >= 0.6 is 11.8 Å². The zero-order chi connectivity index (χ0) is 18.6. The molecular weight excluding hydrogens is 350 g/mol. The van der Waals surface area contributed by atoms with E-state index in [2.05, 4.69) is 15.5 Å². The normalized spacial score (nSPS) is 10.6. The van der Waals surface area contributed by atoms with Gasteiger partial charge >= 0.3 is 5.97 Å². The summed E-state index contributed by atoms with van der Waals surface area (Å²) in [6.07, 6.45) is 0. The number of amides is 1. The molecule has 0 bridgehead atoms. The van der Waals surface area contributed by atoms with Crippen LogP contribution in [0.5, 0.6) is 0 Å². The molecule has 2 rings (SSSR count). The molecule has 9 nitrogen and oxygen atoms in total. The fourth-order valence-corrected chi connectivity index (χ4v) is 2.69. The Morgan fingerprint density at radius 3 is 2.44 bits per heavy atom. The van der Waals surface area contributed by atoms with Gasteiger partial charge in [0, 0.05) is 6.92 Å². The van der Waals surface area contributed by atoms with Crippen LogP contribution in [0.2, 0.25) is 0 Å². The minimum atomic E-state index is -0.736. The Balaban J connectivity index is 2.17. The largest absolute Gasteiger partial charge is 0.462 e. The maximum Gasteiger partial charge on any atom is 0.344 e. The first-order valence-corrected chi connectivity index (χ1v) is 8.36. The van der Waals surface area contributed by atoms with Crippen LogP contribution in [0.15, 0.2) is 14.1 Å². The summed E-state index contributed by atoms with van der Waals surface area (Å²) in [5.74, 6) is -1.10. The second-order valence-electron chi connectivity index (χ2n) is 4.94. The standard InChI is InChI=1S/C15H17N3O6S/c1-5-22-14(21)12-11(7(2)19)8(3)23-13(12)16-10(20)6-25-15-18-17-9(4)24-15/h5-6H2,1-4H3,(H,16,20). The van der Waals surface area contributed by atoms with Gasteiger partial charge in [-0.05, 0) is 20.8 Å². The van der Waals surface area contributed by atoms with Crippen LogP contribution in [-0.2, 0) is 9.53 Å². The lowest BCUT2D eigenvalue weighted by Crippen LogP contribution is -2.17. The number of Topliss-reactive ketones (excluding diaryl/α,β-unsaturated/α-hetero) is 1. The fourth-order valence-electron chi connectivity index (χ4n) is 2.08. The summed E-state index contributed by atoms with van der Waals surface area (Å²) >= 11 is 1.03. The van der Waals surface area contributed by atoms with Gasteiger partial charge in [-0.15, -0.1) is 10.2 Å². The average molecular weight is 367 g/mol. The van der Waals surface area contributed by atoms with E-state index in [9.17, 15) is 14.4 Å². The lowest BCUT2D eigenvalue weighted by atomic mass is 10.1. The van der Waals surface area contributed by atoms with E-state index in [1.54, 1.807) is 13.8 Å². The highest BCUT2D eigenvalue weighted by molar-refractivity contribution is 7.99. The van der Waals surface area contributed by atoms with E-state index in [1.165, 1.54) is 13.8 Å². The quantitative estimate of drug-likeness (QED) is 0.446. The number of esters is 1. The highest BCUT2D eigenvalue weighted by Crippen LogP contribution is 2.29. The molecule has 0 saturated carbocycles. The Morgan fingerprint density at radius 1 is 1.16 bits per heavy atom. The predicted octanol–water partition coefficient (Wildman–Crippen LogP) is 2.39. The van der Waals surface area contributed by atoms with Crippen molar-refractivity contribution in [1.82, 2.24) is 10.2 Å². The molecule has 134 valence electrons. The Bertz CT molecular complexity index is 810. The highest BCUT2D eigenvalue weighted by Gasteiger charge is 2.28. The maximum absolute atomic E-state index is 12.1. The molecule has 0 saturated heterocycles. The van der Waals surface area contributed by atoms with Gasteiger partial charge < -0.3 is 13.6 Å². The molecule has 2 aromatic rings. The zero-order valence-corrected chi connectivity index (χ0v) is 15.0. The van der Waals surface area contributed by atoms with Crippen molar-refractivity contribution in [1.29, 1.82) is 0 Å². The number of ketones is 1. The van der Waals surface area contributed by atoms with Crippen LogP contribution in [0, 0.1) is 13.8 Å². The second-order valence-corrected chi connectivity index (χ2v) is 5.86. The van der Waals surface area contributed by atoms with E-state index < -0.39 is 11.9 Å². The number of hydrogen-bond acceptors (Lipinski definition) is 9. The number of furan rings is 1. The van der Waals surface area contributed by atoms with Gasteiger partial charge in [-0.3, -0.25) is 14.9 Å². The number of hydrogen-bond donors (Lipinski definition) is 1. The van der Waals surface area contributed by atoms with E-state index in [-0.39, 0.29) is 46.1 Å². The predicted molar refractivity (Wildman–Crippen MR) is 87.8 cm³/mol. The maximum atomic E-state index is 12.1. The highest BCUT2D eigenvalue weighted by atomic mass is 32.2. The number of carbonyl (C=O) groups excluding carboxylic acids is 3. The summed E-state index contributed by atoms with van der Waals surface area (Å²) in [5.41, 5.74) is 0.00719. The molecule has 1 N–H and O–H groups in total. The molecular formula is C15H17N3O6S. The van der Waals surface area contributed by atoms with E-state index in [4.69, 9.17) is 13.6 Å². The first-order chi connectivity index (χ1) is 11.8. The lowest BCUT2D eigenvalue weighted by Gasteiger charge is -2.05. The minimum absolute atomic E-state index is 0.0426. The van der Waals surface area contributed by atoms with Crippen LogP contribution in [-0.4, -0.2) is 40.2 Å². The van der Waals surface area contributed by atoms with Crippen molar-refractivity contribution in [3.8, 4) is 0 Å². The van der Waals surface area contributed by atoms with E-state index >= 15 is 0 Å². The number of thioether (sulfide) groups is 1. The summed E-state index contributed by atoms with van der Waals surface area (Å²) < 4.78 is 15.5. The van der Waals surface area contributed by atoms with E-state index in [0.717, 1.165) is 11.8 Å². The number of carbonyl (C=O) groups is 3. The Morgan fingerprint density at radius 2 is 1.88 bits per heavy atom. The van der Waals surface area contributed by atoms with Gasteiger partial charge in [0.1, 0.15) is 11.3 Å². The summed E-state index contributed by atoms with van der Waals surface area (Å²) in [7, 11) is 0. The van der Waals surface area contributed by atoms with Gasteiger partial charge in [-0.1, -0.05) is 11.8 Å². The van der Waals surface area contributed by atoms with Crippen LogP contribution in [0.3, 0.4) is 0 Å². The molecule has 1 amide bonds. The molecule has 0 aliphatic carbocycles. The van der Waals surface area contributed by atoms with E-state index in [1.807, 2.05) is 0 Å². The number of rotatable bonds is 7. The topological polar surface area (TPSA) is 125 Å². The van der Waals surface area contributed by atoms with Gasteiger partial charge in [-0.25, -0.2) is 4.79 Å². The molecule has 2 heterocycles. The van der Waals surface area contributed by atoms with Gasteiger partial charge in [0.15, 0.2) is 5.78 Å². The summed E-state index contributed by atoms with van der Waals surface area (Å²) in [6, 6.07) is 0. The average Bonchev–Trinajstić information content (AvgIpc) is 3.08. The number of anilines is 1. The third-order valence-corrected chi connectivity index (χ3v) is 3.82. The van der Waals surface area contributed by atoms with Crippen molar-refractivity contribution in [2.24, 2.45) is 0 Å². The lowest BCUT2D eigenvalue weighted by molar-refractivity contribution is -0.113. The molecule has 0 atom stereocenters. The van der Waals surface area contributed by atoms with Crippen LogP contribution in [0.25, 0.3) is 0 Å². The number of ether oxygens (including phenoxy) is 1. The second kappa shape index (κ2) is 7.97. The third kappa shape index (κ3) is 4.47. The number of nitrogens with one attached hydrogen (secondary N) is 1. The molecule has 0 unspecified atom stereocenters. The molecule has 10 heteroatoms. The van der Waals surface area contributed by atoms with Crippen molar-refractivity contribution in [2.45, 2.75) is 32.9 Å². The van der Waals surface area contributed by atoms with Gasteiger partial charge in [0.25, 0.3) is 5.22 Å². The fraction of sp³-hybridized carbons (Fsp3) is 0.400. The summed E-state index contributed by atoms with van der Waals surface area (Å²) in [4.78, 5) is 36.0. The smallest absolute Gasteiger partial charge is 0.344 e. The molecule has 2 aromatic heterocycles. The Hall–Kier alpha value is -2.62. The molecule has 0 aliphatic rings. The van der Waals surface area contributed by atoms with Gasteiger partial charge in [-0.2, -0.15) is 0 Å².